The number of terminal acetylenes is 1. The third kappa shape index (κ3) is 3.66. The number of hydrogen-bond acceptors (Lipinski definition) is 2. The molecule has 0 heterocycles. The molecular formula is C13H20N2O3. The number of aliphatic carboxylic acids is 1. The highest BCUT2D eigenvalue weighted by Gasteiger charge is 2.38. The lowest BCUT2D eigenvalue weighted by atomic mass is 9.93. The molecule has 0 aromatic carbocycles. The highest BCUT2D eigenvalue weighted by Crippen LogP contribution is 2.32. The maximum Gasteiger partial charge on any atom is 0.318 e. The topological polar surface area (TPSA) is 69.6 Å². The first kappa shape index (κ1) is 14.4. The molecule has 1 rings (SSSR count). The number of carboxylic acids is 1. The first-order chi connectivity index (χ1) is 8.53. The molecule has 1 saturated carbocycles. The van der Waals surface area contributed by atoms with Crippen molar-refractivity contribution in [2.75, 3.05) is 13.1 Å². The van der Waals surface area contributed by atoms with E-state index < -0.39 is 11.5 Å². The van der Waals surface area contributed by atoms with Crippen LogP contribution in [-0.4, -0.2) is 40.6 Å². The van der Waals surface area contributed by atoms with Crippen molar-refractivity contribution in [3.8, 4) is 12.3 Å². The molecule has 0 radical (unpaired) electrons. The van der Waals surface area contributed by atoms with E-state index in [-0.39, 0.29) is 19.0 Å². The molecule has 1 fully saturated rings. The Labute approximate surface area is 108 Å². The number of rotatable bonds is 5. The summed E-state index contributed by atoms with van der Waals surface area (Å²) < 4.78 is 0. The van der Waals surface area contributed by atoms with Crippen LogP contribution in [0.3, 0.4) is 0 Å². The van der Waals surface area contributed by atoms with E-state index in [1.807, 2.05) is 6.92 Å². The Balaban J connectivity index is 2.69. The number of carbonyl (C=O) groups excluding carboxylic acids is 1. The second-order valence-electron chi connectivity index (χ2n) is 4.71. The fraction of sp³-hybridized carbons (Fsp3) is 0.692. The summed E-state index contributed by atoms with van der Waals surface area (Å²) in [4.78, 5) is 24.4. The molecule has 5 heteroatoms. The molecule has 0 bridgehead atoms. The van der Waals surface area contributed by atoms with E-state index in [9.17, 15) is 9.59 Å². The number of carbonyl (C=O) groups is 2. The average Bonchev–Trinajstić information content (AvgIpc) is 2.72. The molecule has 2 N–H and O–H groups in total. The molecule has 0 aromatic rings. The Morgan fingerprint density at radius 1 is 1.44 bits per heavy atom. The molecule has 0 spiro atoms. The van der Waals surface area contributed by atoms with Crippen LogP contribution in [0.1, 0.15) is 39.0 Å². The quantitative estimate of drug-likeness (QED) is 0.727. The zero-order valence-corrected chi connectivity index (χ0v) is 10.7. The SMILES string of the molecule is C#CCN(CC)C(=O)NC1(CC(=O)O)CCCC1. The van der Waals surface area contributed by atoms with E-state index >= 15 is 0 Å². The van der Waals surface area contributed by atoms with Gasteiger partial charge in [0.2, 0.25) is 0 Å². The monoisotopic (exact) mass is 252 g/mol. The number of nitrogens with zero attached hydrogens (tertiary/aromatic N) is 1. The van der Waals surface area contributed by atoms with Gasteiger partial charge in [0, 0.05) is 6.54 Å². The summed E-state index contributed by atoms with van der Waals surface area (Å²) >= 11 is 0. The predicted molar refractivity (Wildman–Crippen MR) is 68.1 cm³/mol. The van der Waals surface area contributed by atoms with Gasteiger partial charge in [-0.15, -0.1) is 6.42 Å². The Bertz CT molecular complexity index is 354. The van der Waals surface area contributed by atoms with Crippen molar-refractivity contribution in [2.45, 2.75) is 44.6 Å². The van der Waals surface area contributed by atoms with Crippen LogP contribution in [0.15, 0.2) is 0 Å². The second-order valence-corrected chi connectivity index (χ2v) is 4.71. The summed E-state index contributed by atoms with van der Waals surface area (Å²) in [5.74, 6) is 1.55. The Hall–Kier alpha value is -1.70. The molecule has 2 amide bonds. The molecule has 18 heavy (non-hydrogen) atoms. The average molecular weight is 252 g/mol. The third-order valence-electron chi connectivity index (χ3n) is 3.37. The molecule has 1 aliphatic rings. The zero-order chi connectivity index (χ0) is 13.6. The van der Waals surface area contributed by atoms with Crippen molar-refractivity contribution in [3.05, 3.63) is 0 Å². The van der Waals surface area contributed by atoms with Crippen molar-refractivity contribution in [1.29, 1.82) is 0 Å². The fourth-order valence-electron chi connectivity index (χ4n) is 2.43. The summed E-state index contributed by atoms with van der Waals surface area (Å²) in [6, 6.07) is -0.265. The zero-order valence-electron chi connectivity index (χ0n) is 10.7. The maximum atomic E-state index is 12.0. The number of amides is 2. The van der Waals surface area contributed by atoms with Gasteiger partial charge in [0.25, 0.3) is 0 Å². The maximum absolute atomic E-state index is 12.0. The van der Waals surface area contributed by atoms with Gasteiger partial charge in [0.15, 0.2) is 0 Å². The molecule has 0 aliphatic heterocycles. The first-order valence-corrected chi connectivity index (χ1v) is 6.25. The van der Waals surface area contributed by atoms with Gasteiger partial charge < -0.3 is 15.3 Å². The van der Waals surface area contributed by atoms with Gasteiger partial charge in [-0.1, -0.05) is 18.8 Å². The summed E-state index contributed by atoms with van der Waals surface area (Å²) in [7, 11) is 0. The summed E-state index contributed by atoms with van der Waals surface area (Å²) in [5.41, 5.74) is -0.592. The third-order valence-corrected chi connectivity index (χ3v) is 3.37. The predicted octanol–water partition coefficient (Wildman–Crippen LogP) is 1.44. The molecule has 100 valence electrons. The Kier molecular flexibility index (Phi) is 5.02. The molecule has 0 unspecified atom stereocenters. The highest BCUT2D eigenvalue weighted by atomic mass is 16.4. The van der Waals surface area contributed by atoms with Crippen LogP contribution in [-0.2, 0) is 4.79 Å². The molecule has 0 aromatic heterocycles. The summed E-state index contributed by atoms with van der Waals surface area (Å²) in [6.07, 6.45) is 8.53. The van der Waals surface area contributed by atoms with E-state index in [1.165, 1.54) is 4.90 Å². The molecule has 0 saturated heterocycles. The van der Waals surface area contributed by atoms with Gasteiger partial charge in [-0.3, -0.25) is 4.79 Å². The van der Waals surface area contributed by atoms with Crippen LogP contribution < -0.4 is 5.32 Å². The molecule has 0 atom stereocenters. The molecule has 5 nitrogen and oxygen atoms in total. The van der Waals surface area contributed by atoms with Crippen LogP contribution in [0.4, 0.5) is 4.79 Å². The van der Waals surface area contributed by atoms with E-state index in [2.05, 4.69) is 11.2 Å². The highest BCUT2D eigenvalue weighted by molar-refractivity contribution is 5.77. The van der Waals surface area contributed by atoms with Crippen molar-refractivity contribution in [2.24, 2.45) is 0 Å². The number of nitrogens with one attached hydrogen (secondary N) is 1. The fourth-order valence-corrected chi connectivity index (χ4v) is 2.43. The Morgan fingerprint density at radius 3 is 2.50 bits per heavy atom. The van der Waals surface area contributed by atoms with Crippen LogP contribution in [0.25, 0.3) is 0 Å². The van der Waals surface area contributed by atoms with E-state index in [1.54, 1.807) is 0 Å². The lowest BCUT2D eigenvalue weighted by Crippen LogP contribution is -2.53. The minimum absolute atomic E-state index is 0.0215. The van der Waals surface area contributed by atoms with Crippen LogP contribution in [0.2, 0.25) is 0 Å². The smallest absolute Gasteiger partial charge is 0.318 e. The first-order valence-electron chi connectivity index (χ1n) is 6.25. The van der Waals surface area contributed by atoms with Gasteiger partial charge in [0.1, 0.15) is 0 Å². The van der Waals surface area contributed by atoms with E-state index in [0.29, 0.717) is 6.54 Å². The van der Waals surface area contributed by atoms with Gasteiger partial charge in [0.05, 0.1) is 18.5 Å². The van der Waals surface area contributed by atoms with Crippen molar-refractivity contribution in [3.63, 3.8) is 0 Å². The summed E-state index contributed by atoms with van der Waals surface area (Å²) in [5, 5.41) is 11.8. The van der Waals surface area contributed by atoms with E-state index in [4.69, 9.17) is 11.5 Å². The van der Waals surface area contributed by atoms with Gasteiger partial charge >= 0.3 is 12.0 Å². The lowest BCUT2D eigenvalue weighted by Gasteiger charge is -2.31. The van der Waals surface area contributed by atoms with Crippen LogP contribution >= 0.6 is 0 Å². The standard InChI is InChI=1S/C13H20N2O3/c1-3-9-15(4-2)12(18)14-13(10-11(16)17)7-5-6-8-13/h1H,4-10H2,2H3,(H,14,18)(H,16,17). The van der Waals surface area contributed by atoms with Gasteiger partial charge in [-0.05, 0) is 19.8 Å². The Morgan fingerprint density at radius 2 is 2.06 bits per heavy atom. The van der Waals surface area contributed by atoms with E-state index in [0.717, 1.165) is 25.7 Å². The van der Waals surface area contributed by atoms with Crippen molar-refractivity contribution < 1.29 is 14.7 Å². The molecule has 1 aliphatic carbocycles. The normalized spacial score (nSPS) is 16.9. The van der Waals surface area contributed by atoms with Gasteiger partial charge in [-0.2, -0.15) is 0 Å². The lowest BCUT2D eigenvalue weighted by molar-refractivity contribution is -0.138. The minimum Gasteiger partial charge on any atom is -0.481 e. The van der Waals surface area contributed by atoms with Crippen LogP contribution in [0, 0.1) is 12.3 Å². The largest absolute Gasteiger partial charge is 0.481 e. The minimum atomic E-state index is -0.878. The van der Waals surface area contributed by atoms with Crippen LogP contribution in [0.5, 0.6) is 0 Å². The molecular weight excluding hydrogens is 232 g/mol. The number of carboxylic acid groups (broad SMARTS) is 1. The van der Waals surface area contributed by atoms with Crippen molar-refractivity contribution in [1.82, 2.24) is 10.2 Å². The second kappa shape index (κ2) is 6.29. The van der Waals surface area contributed by atoms with Gasteiger partial charge in [-0.25, -0.2) is 4.79 Å². The number of hydrogen-bond donors (Lipinski definition) is 2. The number of urea groups is 1. The summed E-state index contributed by atoms with van der Waals surface area (Å²) in [6.45, 7) is 2.60. The van der Waals surface area contributed by atoms with Crippen molar-refractivity contribution >= 4 is 12.0 Å².